The first kappa shape index (κ1) is 19.4. The molecule has 0 aliphatic heterocycles. The van der Waals surface area contributed by atoms with Crippen LogP contribution in [-0.4, -0.2) is 29.8 Å². The summed E-state index contributed by atoms with van der Waals surface area (Å²) >= 11 is 1.92. The second-order valence-corrected chi connectivity index (χ2v) is 7.01. The van der Waals surface area contributed by atoms with Gasteiger partial charge in [-0.1, -0.05) is 29.8 Å². The molecule has 0 bridgehead atoms. The first-order valence-corrected chi connectivity index (χ1v) is 9.82. The zero-order valence-corrected chi connectivity index (χ0v) is 16.4. The summed E-state index contributed by atoms with van der Waals surface area (Å²) < 4.78 is 5.57. The van der Waals surface area contributed by atoms with Crippen LogP contribution in [0.25, 0.3) is 0 Å². The van der Waals surface area contributed by atoms with Crippen molar-refractivity contribution in [1.82, 2.24) is 15.6 Å². The molecular formula is C19H28N4OS. The summed E-state index contributed by atoms with van der Waals surface area (Å²) in [6.45, 7) is 10.2. The van der Waals surface area contributed by atoms with E-state index in [1.807, 2.05) is 25.6 Å². The van der Waals surface area contributed by atoms with Crippen LogP contribution in [0.4, 0.5) is 0 Å². The lowest BCUT2D eigenvalue weighted by Crippen LogP contribution is -2.38. The van der Waals surface area contributed by atoms with Crippen LogP contribution in [0, 0.1) is 20.8 Å². The van der Waals surface area contributed by atoms with Gasteiger partial charge in [-0.15, -0.1) is 0 Å². The highest BCUT2D eigenvalue weighted by Crippen LogP contribution is 2.12. The number of aliphatic imine (C=N–C) groups is 1. The predicted molar refractivity (Wildman–Crippen MR) is 106 cm³/mol. The van der Waals surface area contributed by atoms with Crippen molar-refractivity contribution in [3.05, 3.63) is 52.7 Å². The van der Waals surface area contributed by atoms with E-state index in [2.05, 4.69) is 58.7 Å². The van der Waals surface area contributed by atoms with Gasteiger partial charge < -0.3 is 15.1 Å². The first-order valence-electron chi connectivity index (χ1n) is 8.67. The molecule has 0 spiro atoms. The SMILES string of the molecule is CCNC(=NCc1nc(C)c(C)o1)NCCSCc1ccc(C)cc1. The highest BCUT2D eigenvalue weighted by molar-refractivity contribution is 7.98. The first-order chi connectivity index (χ1) is 12.1. The number of benzene rings is 1. The smallest absolute Gasteiger partial charge is 0.216 e. The second-order valence-electron chi connectivity index (χ2n) is 5.91. The van der Waals surface area contributed by atoms with E-state index in [9.17, 15) is 0 Å². The molecule has 0 saturated heterocycles. The Morgan fingerprint density at radius 3 is 2.56 bits per heavy atom. The van der Waals surface area contributed by atoms with E-state index < -0.39 is 0 Å². The van der Waals surface area contributed by atoms with Crippen molar-refractivity contribution in [2.45, 2.75) is 40.0 Å². The molecule has 0 radical (unpaired) electrons. The molecule has 1 heterocycles. The zero-order chi connectivity index (χ0) is 18.1. The Morgan fingerprint density at radius 2 is 1.92 bits per heavy atom. The molecule has 2 N–H and O–H groups in total. The number of oxazole rings is 1. The number of aromatic nitrogens is 1. The lowest BCUT2D eigenvalue weighted by Gasteiger charge is -2.10. The predicted octanol–water partition coefficient (Wildman–Crippen LogP) is 3.59. The Bertz CT molecular complexity index is 660. The van der Waals surface area contributed by atoms with E-state index in [4.69, 9.17) is 4.42 Å². The van der Waals surface area contributed by atoms with Crippen LogP contribution in [0.1, 0.15) is 35.4 Å². The van der Waals surface area contributed by atoms with Gasteiger partial charge in [0.1, 0.15) is 12.3 Å². The molecule has 2 aromatic rings. The summed E-state index contributed by atoms with van der Waals surface area (Å²) in [5, 5.41) is 6.61. The van der Waals surface area contributed by atoms with Gasteiger partial charge >= 0.3 is 0 Å². The van der Waals surface area contributed by atoms with Crippen LogP contribution in [-0.2, 0) is 12.3 Å². The molecule has 0 amide bonds. The summed E-state index contributed by atoms with van der Waals surface area (Å²) in [6, 6.07) is 8.72. The van der Waals surface area contributed by atoms with Crippen LogP contribution < -0.4 is 10.6 Å². The summed E-state index contributed by atoms with van der Waals surface area (Å²) in [5.74, 6) is 4.36. The van der Waals surface area contributed by atoms with Crippen LogP contribution in [0.3, 0.4) is 0 Å². The molecule has 5 nitrogen and oxygen atoms in total. The molecule has 0 atom stereocenters. The summed E-state index contributed by atoms with van der Waals surface area (Å²) in [6.07, 6.45) is 0. The second kappa shape index (κ2) is 10.1. The van der Waals surface area contributed by atoms with Gasteiger partial charge in [0.05, 0.1) is 5.69 Å². The molecule has 0 fully saturated rings. The molecule has 136 valence electrons. The minimum absolute atomic E-state index is 0.445. The summed E-state index contributed by atoms with van der Waals surface area (Å²) in [4.78, 5) is 8.89. The summed E-state index contributed by atoms with van der Waals surface area (Å²) in [5.41, 5.74) is 3.60. The Hall–Kier alpha value is -1.95. The molecular weight excluding hydrogens is 332 g/mol. The van der Waals surface area contributed by atoms with Crippen LogP contribution >= 0.6 is 11.8 Å². The van der Waals surface area contributed by atoms with Crippen molar-refractivity contribution in [2.75, 3.05) is 18.8 Å². The average molecular weight is 361 g/mol. The number of guanidine groups is 1. The molecule has 0 saturated carbocycles. The van der Waals surface area contributed by atoms with Crippen molar-refractivity contribution >= 4 is 17.7 Å². The molecule has 6 heteroatoms. The van der Waals surface area contributed by atoms with Gasteiger partial charge in [0.25, 0.3) is 0 Å². The van der Waals surface area contributed by atoms with E-state index in [-0.39, 0.29) is 0 Å². The van der Waals surface area contributed by atoms with E-state index in [0.29, 0.717) is 12.4 Å². The van der Waals surface area contributed by atoms with E-state index in [1.54, 1.807) is 0 Å². The standard InChI is InChI=1S/C19H28N4OS/c1-5-20-19(22-12-18-23-15(3)16(4)24-18)21-10-11-25-13-17-8-6-14(2)7-9-17/h6-9H,5,10-13H2,1-4H3,(H2,20,21,22). The molecule has 25 heavy (non-hydrogen) atoms. The van der Waals surface area contributed by atoms with Crippen LogP contribution in [0.5, 0.6) is 0 Å². The zero-order valence-electron chi connectivity index (χ0n) is 15.6. The van der Waals surface area contributed by atoms with Crippen molar-refractivity contribution in [3.63, 3.8) is 0 Å². The molecule has 2 rings (SSSR count). The highest BCUT2D eigenvalue weighted by Gasteiger charge is 2.05. The normalized spacial score (nSPS) is 11.6. The number of nitrogens with one attached hydrogen (secondary N) is 2. The Labute approximate surface area is 154 Å². The minimum Gasteiger partial charge on any atom is -0.444 e. The Balaban J connectivity index is 1.73. The fraction of sp³-hybridized carbons (Fsp3) is 0.474. The van der Waals surface area contributed by atoms with E-state index in [1.165, 1.54) is 11.1 Å². The fourth-order valence-corrected chi connectivity index (χ4v) is 3.03. The quantitative estimate of drug-likeness (QED) is 0.428. The van der Waals surface area contributed by atoms with Crippen LogP contribution in [0.15, 0.2) is 33.7 Å². The highest BCUT2D eigenvalue weighted by atomic mass is 32.2. The third kappa shape index (κ3) is 6.82. The van der Waals surface area contributed by atoms with Crippen molar-refractivity contribution in [3.8, 4) is 0 Å². The number of rotatable bonds is 8. The van der Waals surface area contributed by atoms with Gasteiger partial charge in [-0.3, -0.25) is 0 Å². The molecule has 0 unspecified atom stereocenters. The van der Waals surface area contributed by atoms with E-state index >= 15 is 0 Å². The maximum Gasteiger partial charge on any atom is 0.216 e. The maximum atomic E-state index is 5.57. The van der Waals surface area contributed by atoms with Crippen molar-refractivity contribution in [1.29, 1.82) is 0 Å². The number of hydrogen-bond acceptors (Lipinski definition) is 4. The molecule has 0 aliphatic carbocycles. The molecule has 1 aromatic heterocycles. The van der Waals surface area contributed by atoms with Gasteiger partial charge in [-0.05, 0) is 33.3 Å². The molecule has 1 aromatic carbocycles. The van der Waals surface area contributed by atoms with Gasteiger partial charge in [-0.25, -0.2) is 9.98 Å². The average Bonchev–Trinajstić information content (AvgIpc) is 2.92. The summed E-state index contributed by atoms with van der Waals surface area (Å²) in [7, 11) is 0. The minimum atomic E-state index is 0.445. The maximum absolute atomic E-state index is 5.57. The third-order valence-electron chi connectivity index (χ3n) is 3.72. The number of thioether (sulfide) groups is 1. The lowest BCUT2D eigenvalue weighted by molar-refractivity contribution is 0.473. The van der Waals surface area contributed by atoms with Gasteiger partial charge in [0.2, 0.25) is 5.89 Å². The Morgan fingerprint density at radius 1 is 1.16 bits per heavy atom. The van der Waals surface area contributed by atoms with Gasteiger partial charge in [-0.2, -0.15) is 11.8 Å². The fourth-order valence-electron chi connectivity index (χ4n) is 2.21. The Kier molecular flexibility index (Phi) is 7.85. The van der Waals surface area contributed by atoms with Gasteiger partial charge in [0.15, 0.2) is 5.96 Å². The largest absolute Gasteiger partial charge is 0.444 e. The van der Waals surface area contributed by atoms with E-state index in [0.717, 1.165) is 42.0 Å². The molecule has 0 aliphatic rings. The van der Waals surface area contributed by atoms with Gasteiger partial charge in [0, 0.05) is 24.6 Å². The monoisotopic (exact) mass is 360 g/mol. The number of nitrogens with zero attached hydrogens (tertiary/aromatic N) is 2. The van der Waals surface area contributed by atoms with Crippen LogP contribution in [0.2, 0.25) is 0 Å². The van der Waals surface area contributed by atoms with Crippen molar-refractivity contribution in [2.24, 2.45) is 4.99 Å². The lowest BCUT2D eigenvalue weighted by atomic mass is 10.2. The topological polar surface area (TPSA) is 62.5 Å². The third-order valence-corrected chi connectivity index (χ3v) is 4.75. The number of aryl methyl sites for hydroxylation is 3. The van der Waals surface area contributed by atoms with Crippen molar-refractivity contribution < 1.29 is 4.42 Å². The number of hydrogen-bond donors (Lipinski definition) is 2.